The van der Waals surface area contributed by atoms with Crippen molar-refractivity contribution in [3.05, 3.63) is 47.1 Å². The molecule has 0 aromatic heterocycles. The fraction of sp³-hybridized carbons (Fsp3) is 0.450. The van der Waals surface area contributed by atoms with Gasteiger partial charge in [0.25, 0.3) is 0 Å². The van der Waals surface area contributed by atoms with Crippen LogP contribution in [0.5, 0.6) is 0 Å². The average Bonchev–Trinajstić information content (AvgIpc) is 2.86. The van der Waals surface area contributed by atoms with E-state index in [-0.39, 0.29) is 24.2 Å². The summed E-state index contributed by atoms with van der Waals surface area (Å²) in [6.45, 7) is 6.98. The molecule has 1 saturated heterocycles. The molecule has 1 N–H and O–H groups in total. The minimum Gasteiger partial charge on any atom is -0.458 e. The van der Waals surface area contributed by atoms with E-state index in [0.717, 1.165) is 18.3 Å². The molecule has 26 heavy (non-hydrogen) atoms. The molecule has 3 atom stereocenters. The molecule has 6 nitrogen and oxygen atoms in total. The van der Waals surface area contributed by atoms with E-state index >= 15 is 0 Å². The van der Waals surface area contributed by atoms with Crippen molar-refractivity contribution in [2.45, 2.75) is 45.3 Å². The van der Waals surface area contributed by atoms with E-state index < -0.39 is 30.1 Å². The van der Waals surface area contributed by atoms with Gasteiger partial charge in [-0.1, -0.05) is 18.2 Å². The lowest BCUT2D eigenvalue weighted by molar-refractivity contribution is -0.147. The van der Waals surface area contributed by atoms with Crippen LogP contribution in [-0.2, 0) is 23.9 Å². The van der Waals surface area contributed by atoms with Crippen molar-refractivity contribution in [1.82, 2.24) is 0 Å². The van der Waals surface area contributed by atoms with E-state index in [0.29, 0.717) is 12.0 Å². The van der Waals surface area contributed by atoms with Gasteiger partial charge in [0.1, 0.15) is 18.5 Å². The Bertz CT molecular complexity index is 697. The number of carbonyl (C=O) groups is 3. The number of carbonyl (C=O) groups excluding carboxylic acids is 3. The Balaban J connectivity index is 2.40. The van der Waals surface area contributed by atoms with Crippen molar-refractivity contribution in [1.29, 1.82) is 0 Å². The van der Waals surface area contributed by atoms with Gasteiger partial charge in [-0.05, 0) is 44.4 Å². The zero-order valence-electron chi connectivity index (χ0n) is 15.1. The molecule has 0 unspecified atom stereocenters. The summed E-state index contributed by atoms with van der Waals surface area (Å²) in [5, 5.41) is 8.95. The van der Waals surface area contributed by atoms with Gasteiger partial charge in [0, 0.05) is 17.6 Å². The molecule has 1 aliphatic heterocycles. The number of ether oxygens (including phenoxy) is 2. The second-order valence-electron chi connectivity index (χ2n) is 6.59. The lowest BCUT2D eigenvalue weighted by atomic mass is 9.85. The van der Waals surface area contributed by atoms with Crippen molar-refractivity contribution in [3.63, 3.8) is 0 Å². The summed E-state index contributed by atoms with van der Waals surface area (Å²) in [7, 11) is 0. The number of fused-ring (bicyclic) bond motifs is 1. The number of esters is 2. The number of allylic oxidation sites excluding steroid dienone is 2. The van der Waals surface area contributed by atoms with Crippen molar-refractivity contribution in [2.24, 2.45) is 5.92 Å². The standard InChI is InChI=1S/C20H24O6/c1-12-5-4-6-15(11-22)10-17(25-19(23)13(2)7-8-21)18-14(3)20(24)26-16(18)9-12/h6-7,9,11,16-18,21H,3-5,8,10H2,1-2H3/b12-9-,13-7+,15-6+/t16-,17-,18+/m1/s1. The van der Waals surface area contributed by atoms with Crippen LogP contribution in [-0.4, -0.2) is 42.1 Å². The molecular formula is C20H24O6. The first-order valence-electron chi connectivity index (χ1n) is 8.57. The Morgan fingerprint density at radius 2 is 2.23 bits per heavy atom. The maximum Gasteiger partial charge on any atom is 0.334 e. The van der Waals surface area contributed by atoms with Gasteiger partial charge >= 0.3 is 11.9 Å². The van der Waals surface area contributed by atoms with E-state index in [2.05, 4.69) is 6.58 Å². The van der Waals surface area contributed by atoms with Crippen LogP contribution in [0.1, 0.15) is 33.1 Å². The van der Waals surface area contributed by atoms with Crippen molar-refractivity contribution >= 4 is 18.2 Å². The monoisotopic (exact) mass is 360 g/mol. The molecule has 1 aliphatic carbocycles. The van der Waals surface area contributed by atoms with Crippen LogP contribution in [0.3, 0.4) is 0 Å². The smallest absolute Gasteiger partial charge is 0.334 e. The summed E-state index contributed by atoms with van der Waals surface area (Å²) in [6.07, 6.45) is 6.00. The molecule has 0 aromatic carbocycles. The molecule has 1 heterocycles. The second kappa shape index (κ2) is 8.76. The fourth-order valence-corrected chi connectivity index (χ4v) is 3.13. The van der Waals surface area contributed by atoms with Crippen molar-refractivity contribution < 1.29 is 29.0 Å². The minimum absolute atomic E-state index is 0.172. The summed E-state index contributed by atoms with van der Waals surface area (Å²) in [4.78, 5) is 35.8. The molecule has 1 fully saturated rings. The molecule has 0 amide bonds. The van der Waals surface area contributed by atoms with Gasteiger partial charge in [0.2, 0.25) is 0 Å². The molecular weight excluding hydrogens is 336 g/mol. The third-order valence-corrected chi connectivity index (χ3v) is 4.62. The first-order chi connectivity index (χ1) is 12.4. The van der Waals surface area contributed by atoms with Gasteiger partial charge in [-0.15, -0.1) is 0 Å². The fourth-order valence-electron chi connectivity index (χ4n) is 3.13. The highest BCUT2D eigenvalue weighted by molar-refractivity contribution is 5.92. The molecule has 2 rings (SSSR count). The van der Waals surface area contributed by atoms with Crippen LogP contribution >= 0.6 is 0 Å². The Morgan fingerprint density at radius 1 is 1.50 bits per heavy atom. The highest BCUT2D eigenvalue weighted by atomic mass is 16.6. The summed E-state index contributed by atoms with van der Waals surface area (Å²) >= 11 is 0. The molecule has 0 bridgehead atoms. The Morgan fingerprint density at radius 3 is 2.88 bits per heavy atom. The van der Waals surface area contributed by atoms with Crippen LogP contribution in [0, 0.1) is 5.92 Å². The van der Waals surface area contributed by atoms with Crippen LogP contribution in [0.15, 0.2) is 47.1 Å². The first-order valence-corrected chi connectivity index (χ1v) is 8.57. The molecule has 0 saturated carbocycles. The summed E-state index contributed by atoms with van der Waals surface area (Å²) in [6, 6.07) is 0. The van der Waals surface area contributed by atoms with Gasteiger partial charge in [-0.3, -0.25) is 4.79 Å². The van der Waals surface area contributed by atoms with E-state index in [1.165, 1.54) is 13.0 Å². The number of hydrogen-bond acceptors (Lipinski definition) is 6. The summed E-state index contributed by atoms with van der Waals surface area (Å²) in [5.41, 5.74) is 2.01. The first kappa shape index (κ1) is 19.8. The number of hydrogen-bond donors (Lipinski definition) is 1. The van der Waals surface area contributed by atoms with Gasteiger partial charge in [0.05, 0.1) is 12.5 Å². The molecule has 0 spiro atoms. The van der Waals surface area contributed by atoms with Crippen LogP contribution in [0.2, 0.25) is 0 Å². The topological polar surface area (TPSA) is 89.9 Å². The molecule has 6 heteroatoms. The maximum absolute atomic E-state index is 12.3. The van der Waals surface area contributed by atoms with Gasteiger partial charge in [0.15, 0.2) is 0 Å². The average molecular weight is 360 g/mol. The highest BCUT2D eigenvalue weighted by Gasteiger charge is 2.44. The summed E-state index contributed by atoms with van der Waals surface area (Å²) < 4.78 is 11.0. The zero-order chi connectivity index (χ0) is 19.3. The zero-order valence-corrected chi connectivity index (χ0v) is 15.1. The predicted molar refractivity (Wildman–Crippen MR) is 95.0 cm³/mol. The number of aliphatic hydroxyl groups excluding tert-OH is 1. The number of aliphatic hydroxyl groups is 1. The Labute approximate surface area is 152 Å². The van der Waals surface area contributed by atoms with Gasteiger partial charge < -0.3 is 14.6 Å². The van der Waals surface area contributed by atoms with Crippen LogP contribution < -0.4 is 0 Å². The maximum atomic E-state index is 12.3. The largest absolute Gasteiger partial charge is 0.458 e. The van der Waals surface area contributed by atoms with E-state index in [4.69, 9.17) is 14.6 Å². The quantitative estimate of drug-likeness (QED) is 0.358. The molecule has 0 radical (unpaired) electrons. The minimum atomic E-state index is -0.771. The van der Waals surface area contributed by atoms with Crippen LogP contribution in [0.4, 0.5) is 0 Å². The molecule has 140 valence electrons. The SMILES string of the molecule is C=C1C(=O)O[C@@H]2/C=C(/C)CC/C=C(/C=O)C[C@@H](OC(=O)/C(C)=C/CO)[C@@H]12. The van der Waals surface area contributed by atoms with Crippen molar-refractivity contribution in [3.8, 4) is 0 Å². The third kappa shape index (κ3) is 4.58. The lowest BCUT2D eigenvalue weighted by Gasteiger charge is -2.27. The molecule has 2 aliphatic rings. The summed E-state index contributed by atoms with van der Waals surface area (Å²) in [5.74, 6) is -1.70. The molecule has 0 aromatic rings. The highest BCUT2D eigenvalue weighted by Crippen LogP contribution is 2.36. The second-order valence-corrected chi connectivity index (χ2v) is 6.59. The normalized spacial score (nSPS) is 31.0. The van der Waals surface area contributed by atoms with Gasteiger partial charge in [-0.2, -0.15) is 0 Å². The van der Waals surface area contributed by atoms with E-state index in [1.54, 1.807) is 0 Å². The predicted octanol–water partition coefficient (Wildman–Crippen LogP) is 2.19. The lowest BCUT2D eigenvalue weighted by Crippen LogP contribution is -2.34. The van der Waals surface area contributed by atoms with E-state index in [9.17, 15) is 14.4 Å². The Kier molecular flexibility index (Phi) is 6.69. The van der Waals surface area contributed by atoms with Crippen molar-refractivity contribution in [2.75, 3.05) is 6.61 Å². The third-order valence-electron chi connectivity index (χ3n) is 4.62. The van der Waals surface area contributed by atoms with Gasteiger partial charge in [-0.25, -0.2) is 9.59 Å². The Hall–Kier alpha value is -2.47. The number of aldehydes is 1. The van der Waals surface area contributed by atoms with E-state index in [1.807, 2.05) is 19.1 Å². The number of rotatable bonds is 4. The van der Waals surface area contributed by atoms with Crippen LogP contribution in [0.25, 0.3) is 0 Å².